The van der Waals surface area contributed by atoms with Crippen molar-refractivity contribution in [1.29, 1.82) is 0 Å². The molecule has 13 nitrogen and oxygen atoms in total. The number of β-lactam (4-membered cyclic amide) rings is 1. The van der Waals surface area contributed by atoms with Crippen molar-refractivity contribution in [1.82, 2.24) is 9.62 Å². The molecule has 0 aromatic heterocycles. The average Bonchev–Trinajstić information content (AvgIpc) is 3.02. The topological polar surface area (TPSA) is 188 Å². The summed E-state index contributed by atoms with van der Waals surface area (Å²) in [5.74, 6) is -2.81. The van der Waals surface area contributed by atoms with E-state index in [1.54, 1.807) is 0 Å². The zero-order valence-electron chi connectivity index (χ0n) is 19.8. The van der Waals surface area contributed by atoms with Crippen LogP contribution >= 0.6 is 11.9 Å². The van der Waals surface area contributed by atoms with E-state index in [-0.39, 0.29) is 34.1 Å². The van der Waals surface area contributed by atoms with Gasteiger partial charge in [-0.3, -0.25) is 34.6 Å². The molecule has 1 amide bonds. The highest BCUT2D eigenvalue weighted by molar-refractivity contribution is 7.97. The molecule has 0 saturated carbocycles. The number of methoxy groups -OCH3 is 1. The molecular weight excluding hydrogens is 528 g/mol. The number of benzene rings is 2. The van der Waals surface area contributed by atoms with E-state index in [2.05, 4.69) is 4.72 Å². The van der Waals surface area contributed by atoms with Crippen molar-refractivity contribution in [2.45, 2.75) is 47.4 Å². The lowest BCUT2D eigenvalue weighted by Crippen LogP contribution is -2.62. The number of nitro benzene ring substituents is 2. The number of rotatable bonds is 9. The normalized spacial score (nSPS) is 23.8. The van der Waals surface area contributed by atoms with E-state index in [0.29, 0.717) is 5.56 Å². The Bertz CT molecular complexity index is 1290. The third-order valence-corrected chi connectivity index (χ3v) is 9.56. The van der Waals surface area contributed by atoms with Gasteiger partial charge in [0, 0.05) is 18.7 Å². The summed E-state index contributed by atoms with van der Waals surface area (Å²) in [7, 11) is 1.31. The van der Waals surface area contributed by atoms with Crippen LogP contribution < -0.4 is 9.46 Å². The molecule has 2 heterocycles. The first-order valence-corrected chi connectivity index (χ1v) is 12.9. The van der Waals surface area contributed by atoms with Gasteiger partial charge in [-0.15, -0.1) is 0 Å². The van der Waals surface area contributed by atoms with Gasteiger partial charge in [-0.05, 0) is 54.2 Å². The molecule has 2 aromatic rings. The van der Waals surface area contributed by atoms with Gasteiger partial charge in [-0.2, -0.15) is 0 Å². The van der Waals surface area contributed by atoms with E-state index in [1.165, 1.54) is 57.4 Å². The van der Waals surface area contributed by atoms with Crippen LogP contribution in [0, 0.1) is 20.2 Å². The number of carbonyl (C=O) groups excluding carboxylic acids is 1. The molecule has 0 spiro atoms. The Morgan fingerprint density at radius 3 is 2.41 bits per heavy atom. The SMILES string of the molecule is COc1cc(C2C(=O)N3C(C(=O)O)C(C)(C)[S+]([O-])[C@@H]23)c(SNCc2ccc([N+](=O)[O-])cc2)c([N+](=O)[O-])c1. The average molecular weight is 551 g/mol. The number of nitro groups is 2. The fraction of sp³-hybridized carbons (Fsp3) is 0.364. The zero-order valence-corrected chi connectivity index (χ0v) is 21.4. The highest BCUT2D eigenvalue weighted by atomic mass is 32.2. The number of hydrogen-bond acceptors (Lipinski definition) is 10. The van der Waals surface area contributed by atoms with Crippen molar-refractivity contribution < 1.29 is 33.8 Å². The van der Waals surface area contributed by atoms with Gasteiger partial charge in [0.25, 0.3) is 11.4 Å². The number of nitrogens with zero attached hydrogens (tertiary/aromatic N) is 3. The Kier molecular flexibility index (Phi) is 7.07. The largest absolute Gasteiger partial charge is 0.614 e. The second-order valence-electron chi connectivity index (χ2n) is 8.92. The molecule has 2 N–H and O–H groups in total. The summed E-state index contributed by atoms with van der Waals surface area (Å²) in [6.07, 6.45) is 0. The van der Waals surface area contributed by atoms with E-state index in [9.17, 15) is 39.5 Å². The second kappa shape index (κ2) is 9.81. The van der Waals surface area contributed by atoms with Crippen molar-refractivity contribution >= 4 is 46.4 Å². The van der Waals surface area contributed by atoms with Gasteiger partial charge in [0.15, 0.2) is 10.8 Å². The first-order chi connectivity index (χ1) is 17.4. The zero-order chi connectivity index (χ0) is 27.2. The van der Waals surface area contributed by atoms with E-state index in [1.807, 2.05) is 0 Å². The summed E-state index contributed by atoms with van der Waals surface area (Å²) in [4.78, 5) is 48.0. The molecule has 15 heteroatoms. The maximum absolute atomic E-state index is 13.3. The number of amides is 1. The summed E-state index contributed by atoms with van der Waals surface area (Å²) < 4.78 is 20.3. The fourth-order valence-electron chi connectivity index (χ4n) is 4.58. The number of ether oxygens (including phenoxy) is 1. The molecular formula is C22H22N4O9S2. The molecule has 2 aliphatic rings. The molecule has 0 radical (unpaired) electrons. The minimum Gasteiger partial charge on any atom is -0.614 e. The lowest BCUT2D eigenvalue weighted by atomic mass is 9.86. The Labute approximate surface area is 217 Å². The number of nitrogens with one attached hydrogen (secondary N) is 1. The predicted octanol–water partition coefficient (Wildman–Crippen LogP) is 2.55. The quantitative estimate of drug-likeness (QED) is 0.153. The third-order valence-electron chi connectivity index (χ3n) is 6.43. The number of aliphatic carboxylic acids is 1. The van der Waals surface area contributed by atoms with Crippen LogP contribution in [0.2, 0.25) is 0 Å². The fourth-order valence-corrected chi connectivity index (χ4v) is 7.50. The van der Waals surface area contributed by atoms with Gasteiger partial charge >= 0.3 is 5.97 Å². The number of carboxylic acid groups (broad SMARTS) is 1. The number of carbonyl (C=O) groups is 2. The summed E-state index contributed by atoms with van der Waals surface area (Å²) in [6.45, 7) is 3.21. The van der Waals surface area contributed by atoms with Crippen LogP contribution in [-0.2, 0) is 27.3 Å². The molecule has 37 heavy (non-hydrogen) atoms. The summed E-state index contributed by atoms with van der Waals surface area (Å²) in [5.41, 5.74) is 0.447. The van der Waals surface area contributed by atoms with Crippen molar-refractivity contribution in [3.05, 3.63) is 67.8 Å². The van der Waals surface area contributed by atoms with Gasteiger partial charge in [0.05, 0.1) is 23.0 Å². The van der Waals surface area contributed by atoms with Crippen molar-refractivity contribution in [2.24, 2.45) is 0 Å². The molecule has 2 fully saturated rings. The maximum Gasteiger partial charge on any atom is 0.332 e. The Balaban J connectivity index is 1.68. The van der Waals surface area contributed by atoms with E-state index in [4.69, 9.17) is 4.74 Å². The van der Waals surface area contributed by atoms with Crippen molar-refractivity contribution in [3.8, 4) is 5.75 Å². The van der Waals surface area contributed by atoms with Gasteiger partial charge in [-0.1, -0.05) is 12.1 Å². The number of carboxylic acids is 1. The van der Waals surface area contributed by atoms with Crippen LogP contribution in [0.25, 0.3) is 0 Å². The summed E-state index contributed by atoms with van der Waals surface area (Å²) in [6, 6.07) is 7.12. The lowest BCUT2D eigenvalue weighted by molar-refractivity contribution is -0.387. The molecule has 2 aromatic carbocycles. The number of non-ortho nitro benzene ring substituents is 1. The molecule has 0 aliphatic carbocycles. The highest BCUT2D eigenvalue weighted by Gasteiger charge is 2.73. The Morgan fingerprint density at radius 1 is 1.22 bits per heavy atom. The van der Waals surface area contributed by atoms with Crippen LogP contribution in [0.4, 0.5) is 11.4 Å². The van der Waals surface area contributed by atoms with Crippen molar-refractivity contribution in [3.63, 3.8) is 0 Å². The van der Waals surface area contributed by atoms with Gasteiger partial charge in [0.2, 0.25) is 11.3 Å². The van der Waals surface area contributed by atoms with Crippen LogP contribution in [0.15, 0.2) is 41.3 Å². The van der Waals surface area contributed by atoms with Gasteiger partial charge < -0.3 is 14.4 Å². The molecule has 2 saturated heterocycles. The number of fused-ring (bicyclic) bond motifs is 1. The molecule has 3 unspecified atom stereocenters. The second-order valence-corrected chi connectivity index (χ2v) is 12.0. The smallest absolute Gasteiger partial charge is 0.332 e. The molecule has 196 valence electrons. The molecule has 4 atom stereocenters. The third kappa shape index (κ3) is 4.47. The van der Waals surface area contributed by atoms with Crippen molar-refractivity contribution in [2.75, 3.05) is 7.11 Å². The predicted molar refractivity (Wildman–Crippen MR) is 132 cm³/mol. The van der Waals surface area contributed by atoms with Crippen LogP contribution in [0.3, 0.4) is 0 Å². The van der Waals surface area contributed by atoms with Gasteiger partial charge in [-0.25, -0.2) is 4.79 Å². The first-order valence-electron chi connectivity index (χ1n) is 10.8. The van der Waals surface area contributed by atoms with Crippen LogP contribution in [-0.4, -0.2) is 59.6 Å². The van der Waals surface area contributed by atoms with Crippen LogP contribution in [0.5, 0.6) is 5.75 Å². The molecule has 2 aliphatic heterocycles. The highest BCUT2D eigenvalue weighted by Crippen LogP contribution is 2.54. The molecule has 4 rings (SSSR count). The minimum absolute atomic E-state index is 0.0790. The lowest BCUT2D eigenvalue weighted by Gasteiger charge is -2.41. The van der Waals surface area contributed by atoms with E-state index in [0.717, 1.165) is 16.8 Å². The molecule has 0 bridgehead atoms. The monoisotopic (exact) mass is 550 g/mol. The number of hydrogen-bond donors (Lipinski definition) is 2. The summed E-state index contributed by atoms with van der Waals surface area (Å²) in [5, 5.41) is 31.5. The standard InChI is InChI=1S/C22H22N4O9S2/c1-22(2)18(21(28)29)24-19(27)16(20(24)37(22)34)14-8-13(35-3)9-15(26(32)33)17(14)36-23-10-11-4-6-12(7-5-11)25(30)31/h4-9,16,18,20,23H,10H2,1-3H3,(H,28,29)/t16?,18?,20-,37?/m0/s1. The van der Waals surface area contributed by atoms with Crippen LogP contribution in [0.1, 0.15) is 30.9 Å². The first kappa shape index (κ1) is 26.7. The Morgan fingerprint density at radius 2 is 1.86 bits per heavy atom. The summed E-state index contributed by atoms with van der Waals surface area (Å²) >= 11 is -0.889. The van der Waals surface area contributed by atoms with E-state index >= 15 is 0 Å². The Hall–Kier alpha value is -3.40. The van der Waals surface area contributed by atoms with E-state index < -0.39 is 55.0 Å². The van der Waals surface area contributed by atoms with Gasteiger partial charge in [0.1, 0.15) is 16.6 Å². The minimum atomic E-state index is -1.77. The maximum atomic E-state index is 13.3.